The van der Waals surface area contributed by atoms with E-state index in [4.69, 9.17) is 23.2 Å². The Bertz CT molecular complexity index is 423. The van der Waals surface area contributed by atoms with Gasteiger partial charge < -0.3 is 5.32 Å². The van der Waals surface area contributed by atoms with Gasteiger partial charge in [0.1, 0.15) is 0 Å². The second kappa shape index (κ2) is 6.94. The highest BCUT2D eigenvalue weighted by Gasteiger charge is 2.23. The lowest BCUT2D eigenvalue weighted by atomic mass is 10.1. The SMILES string of the molecule is CCC1CNC(C)CN1CCc1ccc(Cl)cc1Cl. The number of nitrogens with one attached hydrogen (secondary N) is 1. The maximum Gasteiger partial charge on any atom is 0.0453 e. The van der Waals surface area contributed by atoms with Crippen LogP contribution in [0, 0.1) is 0 Å². The molecule has 1 aliphatic rings. The van der Waals surface area contributed by atoms with Crippen LogP contribution in [0.15, 0.2) is 18.2 Å². The Morgan fingerprint density at radius 3 is 2.84 bits per heavy atom. The van der Waals surface area contributed by atoms with Gasteiger partial charge in [-0.15, -0.1) is 0 Å². The number of halogens is 2. The molecule has 1 heterocycles. The highest BCUT2D eigenvalue weighted by Crippen LogP contribution is 2.22. The van der Waals surface area contributed by atoms with E-state index in [0.29, 0.717) is 17.1 Å². The molecule has 0 amide bonds. The van der Waals surface area contributed by atoms with Gasteiger partial charge in [-0.25, -0.2) is 0 Å². The summed E-state index contributed by atoms with van der Waals surface area (Å²) in [6.45, 7) is 7.76. The summed E-state index contributed by atoms with van der Waals surface area (Å²) < 4.78 is 0. The van der Waals surface area contributed by atoms with Crippen LogP contribution in [0.1, 0.15) is 25.8 Å². The smallest absolute Gasteiger partial charge is 0.0453 e. The van der Waals surface area contributed by atoms with E-state index in [2.05, 4.69) is 24.1 Å². The first-order valence-corrected chi connectivity index (χ1v) is 7.77. The van der Waals surface area contributed by atoms with Crippen molar-refractivity contribution in [3.05, 3.63) is 33.8 Å². The molecule has 0 radical (unpaired) electrons. The van der Waals surface area contributed by atoms with E-state index in [-0.39, 0.29) is 0 Å². The second-order valence-corrected chi connectivity index (χ2v) is 6.20. The Morgan fingerprint density at radius 2 is 2.16 bits per heavy atom. The van der Waals surface area contributed by atoms with E-state index >= 15 is 0 Å². The summed E-state index contributed by atoms with van der Waals surface area (Å²) in [6, 6.07) is 7.00. The van der Waals surface area contributed by atoms with E-state index in [1.54, 1.807) is 0 Å². The van der Waals surface area contributed by atoms with Crippen LogP contribution in [-0.2, 0) is 6.42 Å². The lowest BCUT2D eigenvalue weighted by Crippen LogP contribution is -2.55. The molecule has 19 heavy (non-hydrogen) atoms. The Labute approximate surface area is 126 Å². The third-order valence-corrected chi connectivity index (χ3v) is 4.47. The number of rotatable bonds is 4. The molecule has 1 aromatic rings. The van der Waals surface area contributed by atoms with Crippen LogP contribution >= 0.6 is 23.2 Å². The molecule has 2 nitrogen and oxygen atoms in total. The lowest BCUT2D eigenvalue weighted by molar-refractivity contribution is 0.133. The normalized spacial score (nSPS) is 24.6. The lowest BCUT2D eigenvalue weighted by Gasteiger charge is -2.39. The van der Waals surface area contributed by atoms with Crippen molar-refractivity contribution in [3.8, 4) is 0 Å². The van der Waals surface area contributed by atoms with Gasteiger partial charge in [0.2, 0.25) is 0 Å². The fraction of sp³-hybridized carbons (Fsp3) is 0.600. The van der Waals surface area contributed by atoms with Crippen molar-refractivity contribution in [1.29, 1.82) is 0 Å². The van der Waals surface area contributed by atoms with Gasteiger partial charge >= 0.3 is 0 Å². The minimum atomic E-state index is 0.573. The minimum Gasteiger partial charge on any atom is -0.311 e. The molecule has 2 rings (SSSR count). The third kappa shape index (κ3) is 4.09. The van der Waals surface area contributed by atoms with Crippen LogP contribution < -0.4 is 5.32 Å². The highest BCUT2D eigenvalue weighted by atomic mass is 35.5. The molecule has 2 unspecified atom stereocenters. The fourth-order valence-electron chi connectivity index (χ4n) is 2.70. The summed E-state index contributed by atoms with van der Waals surface area (Å²) in [5, 5.41) is 5.03. The number of hydrogen-bond donors (Lipinski definition) is 1. The molecule has 106 valence electrons. The predicted molar refractivity (Wildman–Crippen MR) is 83.3 cm³/mol. The Balaban J connectivity index is 1.96. The molecule has 0 bridgehead atoms. The van der Waals surface area contributed by atoms with Gasteiger partial charge in [-0.3, -0.25) is 4.90 Å². The summed E-state index contributed by atoms with van der Waals surface area (Å²) in [5.74, 6) is 0. The number of benzene rings is 1. The van der Waals surface area contributed by atoms with Crippen LogP contribution in [0.2, 0.25) is 10.0 Å². The van der Waals surface area contributed by atoms with Gasteiger partial charge in [-0.1, -0.05) is 36.2 Å². The topological polar surface area (TPSA) is 15.3 Å². The summed E-state index contributed by atoms with van der Waals surface area (Å²) in [4.78, 5) is 2.58. The van der Waals surface area contributed by atoms with Crippen LogP contribution in [0.3, 0.4) is 0 Å². The van der Waals surface area contributed by atoms with Crippen LogP contribution in [0.4, 0.5) is 0 Å². The molecule has 0 aliphatic carbocycles. The molecule has 1 aromatic carbocycles. The fourth-order valence-corrected chi connectivity index (χ4v) is 3.20. The maximum atomic E-state index is 6.23. The number of piperazine rings is 1. The quantitative estimate of drug-likeness (QED) is 0.914. The first-order chi connectivity index (χ1) is 9.10. The maximum absolute atomic E-state index is 6.23. The van der Waals surface area contributed by atoms with Gasteiger partial charge in [-0.05, 0) is 37.5 Å². The Morgan fingerprint density at radius 1 is 1.37 bits per heavy atom. The van der Waals surface area contributed by atoms with Crippen LogP contribution in [0.25, 0.3) is 0 Å². The molecular formula is C15H22Cl2N2. The van der Waals surface area contributed by atoms with Gasteiger partial charge in [0, 0.05) is 41.8 Å². The van der Waals surface area contributed by atoms with E-state index in [1.807, 2.05) is 18.2 Å². The molecule has 0 spiro atoms. The Kier molecular flexibility index (Phi) is 5.52. The van der Waals surface area contributed by atoms with Crippen molar-refractivity contribution in [1.82, 2.24) is 10.2 Å². The number of hydrogen-bond acceptors (Lipinski definition) is 2. The average molecular weight is 301 g/mol. The third-order valence-electron chi connectivity index (χ3n) is 3.88. The summed E-state index contributed by atoms with van der Waals surface area (Å²) in [5.41, 5.74) is 1.19. The zero-order chi connectivity index (χ0) is 13.8. The zero-order valence-corrected chi connectivity index (χ0v) is 13.1. The molecule has 2 atom stereocenters. The molecule has 1 N–H and O–H groups in total. The minimum absolute atomic E-state index is 0.573. The van der Waals surface area contributed by atoms with Gasteiger partial charge in [-0.2, -0.15) is 0 Å². The molecular weight excluding hydrogens is 279 g/mol. The second-order valence-electron chi connectivity index (χ2n) is 5.35. The monoisotopic (exact) mass is 300 g/mol. The van der Waals surface area contributed by atoms with Crippen molar-refractivity contribution in [2.24, 2.45) is 0 Å². The Hall–Kier alpha value is -0.280. The van der Waals surface area contributed by atoms with E-state index in [1.165, 1.54) is 12.0 Å². The van der Waals surface area contributed by atoms with Crippen molar-refractivity contribution in [3.63, 3.8) is 0 Å². The van der Waals surface area contributed by atoms with E-state index in [9.17, 15) is 0 Å². The van der Waals surface area contributed by atoms with E-state index < -0.39 is 0 Å². The van der Waals surface area contributed by atoms with Crippen molar-refractivity contribution >= 4 is 23.2 Å². The van der Waals surface area contributed by atoms with Gasteiger partial charge in [0.15, 0.2) is 0 Å². The predicted octanol–water partition coefficient (Wildman–Crippen LogP) is 3.61. The highest BCUT2D eigenvalue weighted by molar-refractivity contribution is 6.35. The molecule has 4 heteroatoms. The summed E-state index contributed by atoms with van der Waals surface area (Å²) in [6.07, 6.45) is 2.17. The van der Waals surface area contributed by atoms with Gasteiger partial charge in [0.05, 0.1) is 0 Å². The zero-order valence-electron chi connectivity index (χ0n) is 11.6. The van der Waals surface area contributed by atoms with Crippen molar-refractivity contribution < 1.29 is 0 Å². The number of nitrogens with zero attached hydrogens (tertiary/aromatic N) is 1. The van der Waals surface area contributed by atoms with Crippen LogP contribution in [0.5, 0.6) is 0 Å². The van der Waals surface area contributed by atoms with Crippen LogP contribution in [-0.4, -0.2) is 36.6 Å². The molecule has 1 fully saturated rings. The average Bonchev–Trinajstić information content (AvgIpc) is 2.38. The van der Waals surface area contributed by atoms with E-state index in [0.717, 1.165) is 31.1 Å². The van der Waals surface area contributed by atoms with Crippen molar-refractivity contribution in [2.45, 2.75) is 38.8 Å². The van der Waals surface area contributed by atoms with Gasteiger partial charge in [0.25, 0.3) is 0 Å². The molecule has 1 aliphatic heterocycles. The molecule has 1 saturated heterocycles. The first kappa shape index (κ1) is 15.1. The summed E-state index contributed by atoms with van der Waals surface area (Å²) in [7, 11) is 0. The molecule has 0 saturated carbocycles. The molecule has 0 aromatic heterocycles. The summed E-state index contributed by atoms with van der Waals surface area (Å²) >= 11 is 12.2. The largest absolute Gasteiger partial charge is 0.311 e. The standard InChI is InChI=1S/C15H22Cl2N2/c1-3-14-9-18-11(2)10-19(14)7-6-12-4-5-13(16)8-15(12)17/h4-5,8,11,14,18H,3,6-7,9-10H2,1-2H3. The first-order valence-electron chi connectivity index (χ1n) is 7.01. The van der Waals surface area contributed by atoms with Crippen molar-refractivity contribution in [2.75, 3.05) is 19.6 Å².